The Balaban J connectivity index is 2.05. The number of aliphatic hydroxyl groups is 1. The Morgan fingerprint density at radius 3 is 2.76 bits per heavy atom. The quantitative estimate of drug-likeness (QED) is 0.917. The molecule has 1 aromatic carbocycles. The van der Waals surface area contributed by atoms with Crippen molar-refractivity contribution in [3.63, 3.8) is 0 Å². The fourth-order valence-corrected chi connectivity index (χ4v) is 3.22. The standard InChI is InChI=1S/C12H15ClFNOS/c13-9-2-1-3-10(14)12(9)11(16)8-15-4-6-17-7-5-15/h1-3,11,16H,4-8H2/t11-/m1/s1. The second-order valence-corrected chi connectivity index (χ2v) is 5.70. The third kappa shape index (κ3) is 3.35. The van der Waals surface area contributed by atoms with Gasteiger partial charge in [0, 0.05) is 41.7 Å². The zero-order valence-electron chi connectivity index (χ0n) is 9.40. The highest BCUT2D eigenvalue weighted by Crippen LogP contribution is 2.26. The van der Waals surface area contributed by atoms with Crippen LogP contribution in [0.4, 0.5) is 4.39 Å². The lowest BCUT2D eigenvalue weighted by Gasteiger charge is -2.28. The van der Waals surface area contributed by atoms with E-state index in [0.717, 1.165) is 24.6 Å². The summed E-state index contributed by atoms with van der Waals surface area (Å²) in [6, 6.07) is 4.48. The molecule has 0 amide bonds. The van der Waals surface area contributed by atoms with E-state index in [9.17, 15) is 9.50 Å². The molecule has 0 aromatic heterocycles. The zero-order chi connectivity index (χ0) is 12.3. The lowest BCUT2D eigenvalue weighted by Crippen LogP contribution is -2.36. The second-order valence-electron chi connectivity index (χ2n) is 4.06. The molecular weight excluding hydrogens is 261 g/mol. The summed E-state index contributed by atoms with van der Waals surface area (Å²) in [5.74, 6) is 1.70. The number of hydrogen-bond donors (Lipinski definition) is 1. The van der Waals surface area contributed by atoms with Gasteiger partial charge in [-0.05, 0) is 12.1 Å². The average Bonchev–Trinajstić information content (AvgIpc) is 2.30. The Morgan fingerprint density at radius 1 is 1.41 bits per heavy atom. The zero-order valence-corrected chi connectivity index (χ0v) is 11.0. The van der Waals surface area contributed by atoms with Crippen molar-refractivity contribution in [1.29, 1.82) is 0 Å². The predicted octanol–water partition coefficient (Wildman–Crippen LogP) is 2.56. The van der Waals surface area contributed by atoms with Gasteiger partial charge in [-0.25, -0.2) is 4.39 Å². The molecule has 5 heteroatoms. The molecule has 1 aliphatic rings. The maximum absolute atomic E-state index is 13.6. The summed E-state index contributed by atoms with van der Waals surface area (Å²) in [4.78, 5) is 2.14. The monoisotopic (exact) mass is 275 g/mol. The Bertz CT molecular complexity index is 365. The summed E-state index contributed by atoms with van der Waals surface area (Å²) in [5.41, 5.74) is 0.215. The van der Waals surface area contributed by atoms with Crippen LogP contribution in [0.3, 0.4) is 0 Å². The van der Waals surface area contributed by atoms with Gasteiger partial charge in [-0.2, -0.15) is 11.8 Å². The maximum atomic E-state index is 13.6. The first-order valence-corrected chi connectivity index (χ1v) is 7.14. The Hall–Kier alpha value is -0.290. The number of halogens is 2. The SMILES string of the molecule is O[C@H](CN1CCSCC1)c1c(F)cccc1Cl. The van der Waals surface area contributed by atoms with Crippen LogP contribution in [0.1, 0.15) is 11.7 Å². The molecule has 1 aliphatic heterocycles. The minimum atomic E-state index is -0.855. The molecule has 0 radical (unpaired) electrons. The summed E-state index contributed by atoms with van der Waals surface area (Å²) in [6.07, 6.45) is -0.855. The molecule has 94 valence electrons. The molecule has 1 aromatic rings. The van der Waals surface area contributed by atoms with Crippen molar-refractivity contribution in [2.75, 3.05) is 31.1 Å². The van der Waals surface area contributed by atoms with Crippen molar-refractivity contribution < 1.29 is 9.50 Å². The maximum Gasteiger partial charge on any atom is 0.130 e. The summed E-state index contributed by atoms with van der Waals surface area (Å²) >= 11 is 7.82. The Kier molecular flexibility index (Phi) is 4.68. The van der Waals surface area contributed by atoms with Crippen LogP contribution in [0, 0.1) is 5.82 Å². The third-order valence-corrected chi connectivity index (χ3v) is 4.14. The fourth-order valence-electron chi connectivity index (χ4n) is 1.95. The van der Waals surface area contributed by atoms with Crippen molar-refractivity contribution in [2.45, 2.75) is 6.10 Å². The van der Waals surface area contributed by atoms with Crippen molar-refractivity contribution >= 4 is 23.4 Å². The van der Waals surface area contributed by atoms with Gasteiger partial charge < -0.3 is 5.11 Å². The predicted molar refractivity (Wildman–Crippen MR) is 70.1 cm³/mol. The minimum Gasteiger partial charge on any atom is -0.387 e. The highest BCUT2D eigenvalue weighted by Gasteiger charge is 2.20. The van der Waals surface area contributed by atoms with Crippen LogP contribution >= 0.6 is 23.4 Å². The van der Waals surface area contributed by atoms with Crippen molar-refractivity contribution in [2.24, 2.45) is 0 Å². The van der Waals surface area contributed by atoms with Gasteiger partial charge in [-0.3, -0.25) is 4.90 Å². The molecule has 0 unspecified atom stereocenters. The molecule has 1 atom stereocenters. The minimum absolute atomic E-state index is 0.215. The molecule has 1 fully saturated rings. The van der Waals surface area contributed by atoms with Gasteiger partial charge >= 0.3 is 0 Å². The van der Waals surface area contributed by atoms with E-state index < -0.39 is 11.9 Å². The molecule has 1 saturated heterocycles. The number of hydrogen-bond acceptors (Lipinski definition) is 3. The van der Waals surface area contributed by atoms with Gasteiger partial charge in [0.15, 0.2) is 0 Å². The highest BCUT2D eigenvalue weighted by atomic mass is 35.5. The van der Waals surface area contributed by atoms with Crippen LogP contribution in [0.5, 0.6) is 0 Å². The Morgan fingerprint density at radius 2 is 2.12 bits per heavy atom. The number of rotatable bonds is 3. The first-order chi connectivity index (χ1) is 8.18. The van der Waals surface area contributed by atoms with Gasteiger partial charge in [0.05, 0.1) is 6.10 Å². The molecule has 0 saturated carbocycles. The van der Waals surface area contributed by atoms with Gasteiger partial charge in [0.2, 0.25) is 0 Å². The molecular formula is C12H15ClFNOS. The lowest BCUT2D eigenvalue weighted by atomic mass is 10.1. The number of β-amino-alcohol motifs (C(OH)–C–C–N with tert-alkyl or cyclic N) is 1. The molecule has 1 N–H and O–H groups in total. The molecule has 0 spiro atoms. The number of aliphatic hydroxyl groups excluding tert-OH is 1. The normalized spacial score (nSPS) is 19.2. The topological polar surface area (TPSA) is 23.5 Å². The van der Waals surface area contributed by atoms with E-state index in [1.165, 1.54) is 6.07 Å². The van der Waals surface area contributed by atoms with Gasteiger partial charge in [0.25, 0.3) is 0 Å². The Labute approximate surface area is 110 Å². The first kappa shape index (κ1) is 13.1. The third-order valence-electron chi connectivity index (χ3n) is 2.87. The van der Waals surface area contributed by atoms with E-state index in [1.807, 2.05) is 11.8 Å². The van der Waals surface area contributed by atoms with Crippen LogP contribution < -0.4 is 0 Å². The van der Waals surface area contributed by atoms with Crippen LogP contribution in [0.15, 0.2) is 18.2 Å². The highest BCUT2D eigenvalue weighted by molar-refractivity contribution is 7.99. The summed E-state index contributed by atoms with van der Waals surface area (Å²) in [5, 5.41) is 10.4. The van der Waals surface area contributed by atoms with Gasteiger partial charge in [-0.15, -0.1) is 0 Å². The second kappa shape index (κ2) is 6.05. The van der Waals surface area contributed by atoms with Crippen molar-refractivity contribution in [3.8, 4) is 0 Å². The largest absolute Gasteiger partial charge is 0.387 e. The van der Waals surface area contributed by atoms with Crippen molar-refractivity contribution in [3.05, 3.63) is 34.6 Å². The van der Waals surface area contributed by atoms with E-state index in [4.69, 9.17) is 11.6 Å². The first-order valence-electron chi connectivity index (χ1n) is 5.60. The summed E-state index contributed by atoms with van der Waals surface area (Å²) in [7, 11) is 0. The van der Waals surface area contributed by atoms with E-state index in [-0.39, 0.29) is 5.56 Å². The van der Waals surface area contributed by atoms with Gasteiger partial charge in [0.1, 0.15) is 5.82 Å². The average molecular weight is 276 g/mol. The van der Waals surface area contributed by atoms with Crippen molar-refractivity contribution in [1.82, 2.24) is 4.90 Å². The number of nitrogens with zero attached hydrogens (tertiary/aromatic N) is 1. The molecule has 0 aliphatic carbocycles. The van der Waals surface area contributed by atoms with Crippen LogP contribution in [0.25, 0.3) is 0 Å². The summed E-state index contributed by atoms with van der Waals surface area (Å²) in [6.45, 7) is 2.32. The summed E-state index contributed by atoms with van der Waals surface area (Å²) < 4.78 is 13.6. The fraction of sp³-hybridized carbons (Fsp3) is 0.500. The van der Waals surface area contributed by atoms with E-state index >= 15 is 0 Å². The van der Waals surface area contributed by atoms with E-state index in [2.05, 4.69) is 4.90 Å². The molecule has 2 nitrogen and oxygen atoms in total. The molecule has 1 heterocycles. The lowest BCUT2D eigenvalue weighted by molar-refractivity contribution is 0.116. The van der Waals surface area contributed by atoms with Crippen LogP contribution in [0.2, 0.25) is 5.02 Å². The van der Waals surface area contributed by atoms with E-state index in [0.29, 0.717) is 11.6 Å². The van der Waals surface area contributed by atoms with E-state index in [1.54, 1.807) is 12.1 Å². The smallest absolute Gasteiger partial charge is 0.130 e. The molecule has 17 heavy (non-hydrogen) atoms. The van der Waals surface area contributed by atoms with Gasteiger partial charge in [-0.1, -0.05) is 17.7 Å². The molecule has 2 rings (SSSR count). The van der Waals surface area contributed by atoms with Crippen LogP contribution in [-0.4, -0.2) is 41.1 Å². The van der Waals surface area contributed by atoms with Crippen LogP contribution in [-0.2, 0) is 0 Å². The number of benzene rings is 1. The number of thioether (sulfide) groups is 1. The molecule has 0 bridgehead atoms.